The molecule has 1 N–H and O–H groups in total. The number of nitrogens with one attached hydrogen (secondary N) is 1. The van der Waals surface area contributed by atoms with Crippen LogP contribution >= 0.6 is 0 Å². The van der Waals surface area contributed by atoms with Crippen LogP contribution in [0.1, 0.15) is 44.6 Å². The van der Waals surface area contributed by atoms with Crippen molar-refractivity contribution in [2.24, 2.45) is 4.99 Å². The molecule has 1 aromatic rings. The lowest BCUT2D eigenvalue weighted by Crippen LogP contribution is -2.43. The van der Waals surface area contributed by atoms with Crippen LogP contribution in [0.3, 0.4) is 0 Å². The molecule has 0 amide bonds. The van der Waals surface area contributed by atoms with Crippen molar-refractivity contribution in [1.82, 2.24) is 15.1 Å². The Labute approximate surface area is 156 Å². The van der Waals surface area contributed by atoms with E-state index in [1.165, 1.54) is 32.4 Å². The molecule has 0 spiro atoms. The van der Waals surface area contributed by atoms with Gasteiger partial charge in [0.05, 0.1) is 6.54 Å². The molecule has 2 heterocycles. The number of rotatable bonds is 5. The topological polar surface area (TPSA) is 30.9 Å². The summed E-state index contributed by atoms with van der Waals surface area (Å²) in [5, 5.41) is 3.47. The van der Waals surface area contributed by atoms with E-state index in [1.54, 1.807) is 12.1 Å². The minimum absolute atomic E-state index is 0.0829. The molecule has 2 saturated heterocycles. The van der Waals surface area contributed by atoms with Crippen molar-refractivity contribution in [2.75, 3.05) is 39.3 Å². The predicted octanol–water partition coefficient (Wildman–Crippen LogP) is 2.99. The lowest BCUT2D eigenvalue weighted by atomic mass is 9.95. The first-order chi connectivity index (χ1) is 12.7. The average molecular weight is 359 g/mol. The molecule has 4 nitrogen and oxygen atoms in total. The van der Waals surface area contributed by atoms with Gasteiger partial charge in [-0.1, -0.05) is 18.2 Å². The Morgan fingerprint density at radius 3 is 2.69 bits per heavy atom. The molecule has 1 saturated carbocycles. The van der Waals surface area contributed by atoms with E-state index >= 15 is 0 Å². The molecule has 3 fully saturated rings. The lowest BCUT2D eigenvalue weighted by Gasteiger charge is -2.26. The summed E-state index contributed by atoms with van der Waals surface area (Å²) >= 11 is 0. The first-order valence-corrected chi connectivity index (χ1v) is 10.2. The molecule has 0 bridgehead atoms. The van der Waals surface area contributed by atoms with E-state index in [9.17, 15) is 4.39 Å². The Morgan fingerprint density at radius 1 is 1.23 bits per heavy atom. The van der Waals surface area contributed by atoms with Gasteiger partial charge in [-0.25, -0.2) is 4.39 Å². The van der Waals surface area contributed by atoms with Gasteiger partial charge in [0.15, 0.2) is 5.96 Å². The molecule has 0 radical (unpaired) electrons. The molecule has 26 heavy (non-hydrogen) atoms. The minimum Gasteiger partial charge on any atom is -0.357 e. The second-order valence-corrected chi connectivity index (χ2v) is 8.06. The second-order valence-electron chi connectivity index (χ2n) is 8.06. The molecule has 1 aliphatic carbocycles. The van der Waals surface area contributed by atoms with E-state index in [0.29, 0.717) is 12.6 Å². The molecule has 2 aliphatic heterocycles. The molecule has 142 valence electrons. The fraction of sp³-hybridized carbons (Fsp3) is 0.667. The monoisotopic (exact) mass is 358 g/mol. The van der Waals surface area contributed by atoms with Crippen LogP contribution in [-0.4, -0.2) is 61.1 Å². The molecule has 0 aromatic heterocycles. The van der Waals surface area contributed by atoms with Gasteiger partial charge >= 0.3 is 0 Å². The zero-order valence-corrected chi connectivity index (χ0v) is 15.9. The van der Waals surface area contributed by atoms with Crippen LogP contribution < -0.4 is 5.32 Å². The van der Waals surface area contributed by atoms with Gasteiger partial charge < -0.3 is 10.2 Å². The van der Waals surface area contributed by atoms with E-state index in [4.69, 9.17) is 4.99 Å². The molecule has 1 aromatic carbocycles. The number of benzene rings is 1. The summed E-state index contributed by atoms with van der Waals surface area (Å²) in [6.07, 6.45) is 5.98. The summed E-state index contributed by atoms with van der Waals surface area (Å²) in [5.41, 5.74) is 0.760. The van der Waals surface area contributed by atoms with Crippen LogP contribution in [0.5, 0.6) is 0 Å². The van der Waals surface area contributed by atoms with Crippen LogP contribution in [0, 0.1) is 5.82 Å². The van der Waals surface area contributed by atoms with Crippen LogP contribution in [0.25, 0.3) is 0 Å². The summed E-state index contributed by atoms with van der Waals surface area (Å²) in [6, 6.07) is 7.89. The van der Waals surface area contributed by atoms with Gasteiger partial charge in [0.2, 0.25) is 0 Å². The number of halogens is 1. The summed E-state index contributed by atoms with van der Waals surface area (Å²) in [5.74, 6) is 0.928. The Bertz CT molecular complexity index is 649. The number of likely N-dealkylation sites (tertiary alicyclic amines) is 2. The van der Waals surface area contributed by atoms with Crippen molar-refractivity contribution in [2.45, 2.75) is 50.5 Å². The summed E-state index contributed by atoms with van der Waals surface area (Å²) < 4.78 is 14.2. The average Bonchev–Trinajstić information content (AvgIpc) is 3.05. The number of aliphatic imine (C=N–C) groups is 1. The smallest absolute Gasteiger partial charge is 0.193 e. The van der Waals surface area contributed by atoms with Gasteiger partial charge in [0.25, 0.3) is 0 Å². The first-order valence-electron chi connectivity index (χ1n) is 10.2. The van der Waals surface area contributed by atoms with E-state index in [2.05, 4.69) is 22.0 Å². The van der Waals surface area contributed by atoms with E-state index in [1.807, 2.05) is 12.1 Å². The highest BCUT2D eigenvalue weighted by molar-refractivity contribution is 5.80. The summed E-state index contributed by atoms with van der Waals surface area (Å²) in [7, 11) is 0. The van der Waals surface area contributed by atoms with Crippen molar-refractivity contribution >= 4 is 5.96 Å². The van der Waals surface area contributed by atoms with Crippen LogP contribution in [-0.2, 0) is 5.41 Å². The SMILES string of the molecule is CCNC(=NCC1(c2ccccc2F)CC1)N1CCC(N2CCCC2)C1. The first kappa shape index (κ1) is 17.8. The standard InChI is InChI=1S/C21H31FN4/c1-2-23-20(26-14-9-17(15-26)25-12-5-6-13-25)24-16-21(10-11-21)18-7-3-4-8-19(18)22/h3-4,7-8,17H,2,5-6,9-16H2,1H3,(H,23,24). The lowest BCUT2D eigenvalue weighted by molar-refractivity contribution is 0.249. The highest BCUT2D eigenvalue weighted by Crippen LogP contribution is 2.49. The Morgan fingerprint density at radius 2 is 2.00 bits per heavy atom. The molecule has 5 heteroatoms. The number of hydrogen-bond donors (Lipinski definition) is 1. The van der Waals surface area contributed by atoms with Gasteiger partial charge in [0, 0.05) is 31.1 Å². The van der Waals surface area contributed by atoms with E-state index in [-0.39, 0.29) is 11.2 Å². The molecule has 4 rings (SSSR count). The quantitative estimate of drug-likeness (QED) is 0.648. The second kappa shape index (κ2) is 7.55. The normalized spacial score (nSPS) is 25.7. The number of guanidine groups is 1. The van der Waals surface area contributed by atoms with Crippen molar-refractivity contribution in [3.63, 3.8) is 0 Å². The highest BCUT2D eigenvalue weighted by Gasteiger charge is 2.46. The highest BCUT2D eigenvalue weighted by atomic mass is 19.1. The van der Waals surface area contributed by atoms with Gasteiger partial charge in [-0.05, 0) is 63.7 Å². The summed E-state index contributed by atoms with van der Waals surface area (Å²) in [6.45, 7) is 8.31. The predicted molar refractivity (Wildman–Crippen MR) is 104 cm³/mol. The third kappa shape index (κ3) is 3.59. The zero-order chi connectivity index (χ0) is 18.0. The van der Waals surface area contributed by atoms with Gasteiger partial charge in [-0.2, -0.15) is 0 Å². The summed E-state index contributed by atoms with van der Waals surface area (Å²) in [4.78, 5) is 10.0. The molecule has 1 unspecified atom stereocenters. The zero-order valence-electron chi connectivity index (χ0n) is 15.9. The molecular weight excluding hydrogens is 327 g/mol. The van der Waals surface area contributed by atoms with Crippen molar-refractivity contribution in [1.29, 1.82) is 0 Å². The fourth-order valence-electron chi connectivity index (χ4n) is 4.55. The van der Waals surface area contributed by atoms with Crippen LogP contribution in [0.2, 0.25) is 0 Å². The molecular formula is C21H31FN4. The minimum atomic E-state index is -0.0832. The van der Waals surface area contributed by atoms with Crippen molar-refractivity contribution in [3.8, 4) is 0 Å². The van der Waals surface area contributed by atoms with Crippen molar-refractivity contribution in [3.05, 3.63) is 35.6 Å². The van der Waals surface area contributed by atoms with Gasteiger partial charge in [0.1, 0.15) is 5.82 Å². The third-order valence-corrected chi connectivity index (χ3v) is 6.29. The maximum atomic E-state index is 14.2. The fourth-order valence-corrected chi connectivity index (χ4v) is 4.55. The van der Waals surface area contributed by atoms with E-state index < -0.39 is 0 Å². The number of nitrogens with zero attached hydrogens (tertiary/aromatic N) is 3. The maximum Gasteiger partial charge on any atom is 0.193 e. The Hall–Kier alpha value is -1.62. The maximum absolute atomic E-state index is 14.2. The van der Waals surface area contributed by atoms with Gasteiger partial charge in [-0.15, -0.1) is 0 Å². The van der Waals surface area contributed by atoms with Crippen molar-refractivity contribution < 1.29 is 4.39 Å². The van der Waals surface area contributed by atoms with E-state index in [0.717, 1.165) is 44.0 Å². The molecule has 3 aliphatic rings. The third-order valence-electron chi connectivity index (χ3n) is 6.29. The Balaban J connectivity index is 1.44. The largest absolute Gasteiger partial charge is 0.357 e. The molecule has 1 atom stereocenters. The van der Waals surface area contributed by atoms with Crippen LogP contribution in [0.4, 0.5) is 4.39 Å². The van der Waals surface area contributed by atoms with Gasteiger partial charge in [-0.3, -0.25) is 9.89 Å². The Kier molecular flexibility index (Phi) is 5.16. The van der Waals surface area contributed by atoms with Crippen LogP contribution in [0.15, 0.2) is 29.3 Å². The number of hydrogen-bond acceptors (Lipinski definition) is 2.